The molecule has 0 aromatic heterocycles. The van der Waals surface area contributed by atoms with Gasteiger partial charge < -0.3 is 0 Å². The molecule has 0 heterocycles. The summed E-state index contributed by atoms with van der Waals surface area (Å²) in [6, 6.07) is 136. The summed E-state index contributed by atoms with van der Waals surface area (Å²) in [5, 5.41) is 0. The Morgan fingerprint density at radius 1 is 0.145 bits per heavy atom. The Balaban J connectivity index is 0.000000150. The van der Waals surface area contributed by atoms with Crippen molar-refractivity contribution in [2.75, 3.05) is 0 Å². The molecule has 0 saturated carbocycles. The van der Waals surface area contributed by atoms with E-state index in [1.807, 2.05) is 292 Å². The largest absolute Gasteiger partial charge is 0.289 e. The lowest BCUT2D eigenvalue weighted by atomic mass is 9.93. The van der Waals surface area contributed by atoms with Crippen molar-refractivity contribution in [3.63, 3.8) is 0 Å². The summed E-state index contributed by atoms with van der Waals surface area (Å²) in [4.78, 5) is 13.1. The molecule has 0 atom stereocenters. The molecule has 0 aliphatic heterocycles. The first-order valence-corrected chi connectivity index (χ1v) is 38.6. The van der Waals surface area contributed by atoms with Crippen LogP contribution in [0.1, 0.15) is 122 Å². The molecule has 546 valence electrons. The maximum absolute atomic E-state index is 13.1. The lowest BCUT2D eigenvalue weighted by molar-refractivity contribution is 0.103. The van der Waals surface area contributed by atoms with Gasteiger partial charge in [-0.2, -0.15) is 0 Å². The van der Waals surface area contributed by atoms with Crippen LogP contribution < -0.4 is 0 Å². The van der Waals surface area contributed by atoms with Gasteiger partial charge in [0, 0.05) is 100 Å². The molecule has 0 unspecified atom stereocenters. The number of benzene rings is 16. The van der Waals surface area contributed by atoms with E-state index in [9.17, 15) is 4.79 Å². The number of hydrogen-bond donors (Lipinski definition) is 0. The number of hydrogen-bond acceptors (Lipinski definition) is 1. The molecule has 16 aromatic rings. The molecule has 0 aliphatic carbocycles. The molecule has 16 rings (SSSR count). The van der Waals surface area contributed by atoms with Gasteiger partial charge in [-0.3, -0.25) is 4.79 Å². The Bertz CT molecular complexity index is 6200. The quantitative estimate of drug-likeness (QED) is 0.120. The third-order valence-electron chi connectivity index (χ3n) is 18.6. The second-order valence-electron chi connectivity index (χ2n) is 27.9. The van der Waals surface area contributed by atoms with Gasteiger partial charge in [-0.1, -0.05) is 319 Å². The van der Waals surface area contributed by atoms with Gasteiger partial charge in [-0.25, -0.2) is 0 Å². The van der Waals surface area contributed by atoms with E-state index < -0.39 is 0 Å². The van der Waals surface area contributed by atoms with E-state index in [1.165, 1.54) is 27.8 Å². The molecule has 1 nitrogen and oxygen atoms in total. The summed E-state index contributed by atoms with van der Waals surface area (Å²) in [5.74, 6) is 52.5. The van der Waals surface area contributed by atoms with Gasteiger partial charge in [-0.05, 0) is 264 Å². The van der Waals surface area contributed by atoms with Crippen molar-refractivity contribution in [3.05, 3.63) is 523 Å². The number of ketones is 1. The predicted molar refractivity (Wildman–Crippen MR) is 485 cm³/mol. The van der Waals surface area contributed by atoms with Crippen molar-refractivity contribution in [1.82, 2.24) is 0 Å². The second-order valence-corrected chi connectivity index (χ2v) is 27.9. The molecular formula is C116H76O. The van der Waals surface area contributed by atoms with Crippen LogP contribution in [-0.4, -0.2) is 5.78 Å². The van der Waals surface area contributed by atoms with Crippen LogP contribution in [0.5, 0.6) is 0 Å². The number of aryl methyl sites for hydroxylation is 3. The van der Waals surface area contributed by atoms with E-state index in [1.54, 1.807) is 0 Å². The Morgan fingerprint density at radius 3 is 0.564 bits per heavy atom. The van der Waals surface area contributed by atoms with Crippen LogP contribution in [0.4, 0.5) is 0 Å². The van der Waals surface area contributed by atoms with Crippen LogP contribution in [-0.2, 0) is 0 Å². The number of rotatable bonds is 6. The molecule has 0 fully saturated rings. The fourth-order valence-corrected chi connectivity index (χ4v) is 12.7. The van der Waals surface area contributed by atoms with Gasteiger partial charge in [0.15, 0.2) is 5.78 Å². The van der Waals surface area contributed by atoms with E-state index in [0.29, 0.717) is 11.1 Å². The fraction of sp³-hybridized carbons (Fsp3) is 0.0259. The van der Waals surface area contributed by atoms with Crippen molar-refractivity contribution in [2.24, 2.45) is 0 Å². The SMILES string of the molecule is Cc1cc(-c2cc(C#Cc3ccccc3)cc(C#Cc3ccccc3)c2)cc(-c2cc(C#Cc3ccccc3)cc(C#Cc3ccccc3)c2)c1.Cc1cc(-c2ccc(C#Cc3ccccc3)cc2)cc(-c2ccc(C#Cc3ccccc3)cc2)c1.Cc1ccc(C(=O)c2cc(C#Cc3ccccc3)cc(C#Cc3ccccc3)c2)cc1. The van der Waals surface area contributed by atoms with Crippen LogP contribution >= 0.6 is 0 Å². The fourth-order valence-electron chi connectivity index (χ4n) is 12.7. The molecule has 16 aromatic carbocycles. The van der Waals surface area contributed by atoms with Crippen LogP contribution in [0.25, 0.3) is 44.5 Å². The number of carbonyl (C=O) groups excluding carboxylic acids is 1. The smallest absolute Gasteiger partial charge is 0.193 e. The first kappa shape index (κ1) is 77.4. The molecular weight excluding hydrogens is 1410 g/mol. The van der Waals surface area contributed by atoms with Crippen LogP contribution in [0.3, 0.4) is 0 Å². The minimum atomic E-state index is -0.0360. The second kappa shape index (κ2) is 39.5. The van der Waals surface area contributed by atoms with E-state index in [-0.39, 0.29) is 5.78 Å². The highest BCUT2D eigenvalue weighted by Gasteiger charge is 2.13. The molecule has 0 bridgehead atoms. The summed E-state index contributed by atoms with van der Waals surface area (Å²) < 4.78 is 0. The minimum absolute atomic E-state index is 0.0360. The summed E-state index contributed by atoms with van der Waals surface area (Å²) in [6.45, 7) is 6.29. The van der Waals surface area contributed by atoms with Crippen molar-refractivity contribution in [2.45, 2.75) is 20.8 Å². The Kier molecular flexibility index (Phi) is 26.2. The molecule has 0 spiro atoms. The van der Waals surface area contributed by atoms with Crippen molar-refractivity contribution < 1.29 is 4.79 Å². The van der Waals surface area contributed by atoms with Crippen LogP contribution in [0.2, 0.25) is 0 Å². The van der Waals surface area contributed by atoms with E-state index in [0.717, 1.165) is 122 Å². The average Bonchev–Trinajstić information content (AvgIpc) is 0.800. The van der Waals surface area contributed by atoms with Gasteiger partial charge in [-0.15, -0.1) is 0 Å². The molecule has 0 saturated heterocycles. The van der Waals surface area contributed by atoms with Gasteiger partial charge in [0.05, 0.1) is 0 Å². The van der Waals surface area contributed by atoms with Crippen molar-refractivity contribution in [1.29, 1.82) is 0 Å². The van der Waals surface area contributed by atoms with Crippen molar-refractivity contribution in [3.8, 4) is 139 Å². The summed E-state index contributed by atoms with van der Waals surface area (Å²) >= 11 is 0. The topological polar surface area (TPSA) is 17.1 Å². The lowest BCUT2D eigenvalue weighted by Gasteiger charge is -2.11. The molecule has 0 N–H and O–H groups in total. The average molecular weight is 1490 g/mol. The highest BCUT2D eigenvalue weighted by molar-refractivity contribution is 6.09. The summed E-state index contributed by atoms with van der Waals surface area (Å²) in [6.07, 6.45) is 0. The Hall–Kier alpha value is -16.3. The van der Waals surface area contributed by atoms with Crippen LogP contribution in [0, 0.1) is 115 Å². The molecule has 1 heteroatoms. The summed E-state index contributed by atoms with van der Waals surface area (Å²) in [5.41, 5.74) is 28.8. The minimum Gasteiger partial charge on any atom is -0.289 e. The maximum atomic E-state index is 13.1. The van der Waals surface area contributed by atoms with E-state index in [4.69, 9.17) is 0 Å². The van der Waals surface area contributed by atoms with E-state index >= 15 is 0 Å². The Morgan fingerprint density at radius 2 is 0.333 bits per heavy atom. The lowest BCUT2D eigenvalue weighted by Crippen LogP contribution is -2.02. The first-order chi connectivity index (χ1) is 57.5. The summed E-state index contributed by atoms with van der Waals surface area (Å²) in [7, 11) is 0. The predicted octanol–water partition coefficient (Wildman–Crippen LogP) is 25.1. The van der Waals surface area contributed by atoms with Crippen molar-refractivity contribution >= 4 is 5.78 Å². The highest BCUT2D eigenvalue weighted by Crippen LogP contribution is 2.33. The highest BCUT2D eigenvalue weighted by atomic mass is 16.1. The standard InChI is InChI=1S/C51H32.C35H24.C30H20O/c1-39-30-48(50-34-44(26-22-40-14-6-2-7-15-40)32-45(35-50)27-23-41-16-8-3-9-17-41)38-49(31-39)51-36-46(28-24-42-18-10-4-11-19-42)33-47(37-51)29-25-43-20-12-5-13-21-43;1-27-24-34(32-20-16-30(17-21-32)14-12-28-8-4-2-5-9-28)26-35(25-27)33-22-18-31(19-23-33)15-13-29-10-6-3-7-11-29;1-23-12-18-28(19-13-23)30(31)29-21-26(16-14-24-8-4-2-5-9-24)20-27(22-29)17-15-25-10-6-3-7-11-25/h2-21,30-38H,1H3;2-11,16-26H,1H3;2-13,18-22H,1H3. The van der Waals surface area contributed by atoms with Gasteiger partial charge in [0.1, 0.15) is 0 Å². The molecule has 0 radical (unpaired) electrons. The van der Waals surface area contributed by atoms with Gasteiger partial charge >= 0.3 is 0 Å². The normalized spacial score (nSPS) is 9.84. The third-order valence-corrected chi connectivity index (χ3v) is 18.6. The zero-order chi connectivity index (χ0) is 80.0. The third kappa shape index (κ3) is 23.4. The zero-order valence-corrected chi connectivity index (χ0v) is 65.1. The zero-order valence-electron chi connectivity index (χ0n) is 65.1. The molecule has 0 aliphatic rings. The molecule has 117 heavy (non-hydrogen) atoms. The van der Waals surface area contributed by atoms with Gasteiger partial charge in [0.25, 0.3) is 0 Å². The first-order valence-electron chi connectivity index (χ1n) is 38.6. The Labute approximate surface area is 689 Å². The molecule has 0 amide bonds. The van der Waals surface area contributed by atoms with E-state index in [2.05, 4.69) is 230 Å². The van der Waals surface area contributed by atoms with Crippen LogP contribution in [0.15, 0.2) is 406 Å². The van der Waals surface area contributed by atoms with Gasteiger partial charge in [0.2, 0.25) is 0 Å². The number of carbonyl (C=O) groups is 1. The monoisotopic (exact) mass is 1480 g/mol. The maximum Gasteiger partial charge on any atom is 0.193 e.